The fraction of sp³-hybridized carbons (Fsp3) is 0.250. The maximum absolute atomic E-state index is 12.8. The molecule has 3 aromatic rings. The third-order valence-corrected chi connectivity index (χ3v) is 5.45. The van der Waals surface area contributed by atoms with Gasteiger partial charge in [-0.1, -0.05) is 12.1 Å². The molecule has 1 unspecified atom stereocenters. The van der Waals surface area contributed by atoms with Crippen LogP contribution in [0.4, 0.5) is 11.6 Å². The Morgan fingerprint density at radius 2 is 1.66 bits per heavy atom. The molecule has 32 heavy (non-hydrogen) atoms. The van der Waals surface area contributed by atoms with E-state index in [2.05, 4.69) is 15.3 Å². The monoisotopic (exact) mass is 432 g/mol. The summed E-state index contributed by atoms with van der Waals surface area (Å²) in [6, 6.07) is 14.2. The van der Waals surface area contributed by atoms with Crippen LogP contribution in [0.2, 0.25) is 0 Å². The number of anilines is 2. The van der Waals surface area contributed by atoms with Crippen molar-refractivity contribution in [2.75, 3.05) is 26.1 Å². The zero-order chi connectivity index (χ0) is 22.5. The van der Waals surface area contributed by atoms with Crippen molar-refractivity contribution in [2.24, 2.45) is 0 Å². The van der Waals surface area contributed by atoms with E-state index in [1.54, 1.807) is 48.7 Å². The molecule has 8 heteroatoms. The zero-order valence-electron chi connectivity index (χ0n) is 17.9. The van der Waals surface area contributed by atoms with E-state index < -0.39 is 6.04 Å². The fourth-order valence-corrected chi connectivity index (χ4v) is 3.71. The predicted molar refractivity (Wildman–Crippen MR) is 120 cm³/mol. The van der Waals surface area contributed by atoms with Crippen molar-refractivity contribution >= 4 is 23.5 Å². The van der Waals surface area contributed by atoms with Crippen LogP contribution in [-0.4, -0.2) is 53.6 Å². The lowest BCUT2D eigenvalue weighted by molar-refractivity contribution is -0.145. The van der Waals surface area contributed by atoms with E-state index >= 15 is 0 Å². The number of rotatable bonds is 6. The number of methoxy groups -OCH3 is 2. The Bertz CT molecular complexity index is 1080. The number of hydrogen-bond acceptors (Lipinski definition) is 7. The number of hydrogen-bond donors (Lipinski definition) is 1. The molecule has 164 valence electrons. The van der Waals surface area contributed by atoms with Crippen LogP contribution >= 0.6 is 0 Å². The second kappa shape index (κ2) is 9.47. The summed E-state index contributed by atoms with van der Waals surface area (Å²) >= 11 is 0. The Balaban J connectivity index is 1.41. The number of benzene rings is 2. The standard InChI is InChI=1S/C24H24N4O4/c1-31-20-11-7-16(8-12-20)18-14-25-24(26-15-18)27-19-9-5-17(6-10-19)22(29)28-13-3-4-21(28)23(30)32-2/h5-12,14-15,21H,3-4,13H2,1-2H3,(H,25,26,27). The highest BCUT2D eigenvalue weighted by Crippen LogP contribution is 2.24. The predicted octanol–water partition coefficient (Wildman–Crippen LogP) is 3.67. The number of amides is 1. The molecular formula is C24H24N4O4. The van der Waals surface area contributed by atoms with Gasteiger partial charge in [0, 0.05) is 35.8 Å². The maximum Gasteiger partial charge on any atom is 0.328 e. The van der Waals surface area contributed by atoms with Crippen LogP contribution in [0, 0.1) is 0 Å². The van der Waals surface area contributed by atoms with Gasteiger partial charge in [0.15, 0.2) is 0 Å². The van der Waals surface area contributed by atoms with Crippen molar-refractivity contribution in [1.82, 2.24) is 14.9 Å². The highest BCUT2D eigenvalue weighted by Gasteiger charge is 2.35. The summed E-state index contributed by atoms with van der Waals surface area (Å²) in [7, 11) is 2.97. The van der Waals surface area contributed by atoms with Crippen molar-refractivity contribution < 1.29 is 19.1 Å². The van der Waals surface area contributed by atoms with Gasteiger partial charge in [-0.3, -0.25) is 4.79 Å². The number of aromatic nitrogens is 2. The van der Waals surface area contributed by atoms with E-state index in [9.17, 15) is 9.59 Å². The number of likely N-dealkylation sites (tertiary alicyclic amines) is 1. The molecule has 1 N–H and O–H groups in total. The van der Waals surface area contributed by atoms with Gasteiger partial charge >= 0.3 is 5.97 Å². The number of esters is 1. The third kappa shape index (κ3) is 4.54. The molecule has 1 fully saturated rings. The second-order valence-corrected chi connectivity index (χ2v) is 7.41. The Kier molecular flexibility index (Phi) is 6.30. The van der Waals surface area contributed by atoms with Gasteiger partial charge in [0.2, 0.25) is 5.95 Å². The summed E-state index contributed by atoms with van der Waals surface area (Å²) < 4.78 is 10.00. The van der Waals surface area contributed by atoms with Crippen LogP contribution in [0.5, 0.6) is 5.75 Å². The minimum absolute atomic E-state index is 0.176. The first-order valence-corrected chi connectivity index (χ1v) is 10.3. The summed E-state index contributed by atoms with van der Waals surface area (Å²) in [5.41, 5.74) is 3.16. The van der Waals surface area contributed by atoms with Gasteiger partial charge < -0.3 is 19.7 Å². The molecule has 8 nitrogen and oxygen atoms in total. The average Bonchev–Trinajstić information content (AvgIpc) is 3.34. The Hall–Kier alpha value is -3.94. The van der Waals surface area contributed by atoms with Crippen molar-refractivity contribution in [3.8, 4) is 16.9 Å². The molecule has 0 bridgehead atoms. The van der Waals surface area contributed by atoms with Crippen molar-refractivity contribution in [3.05, 3.63) is 66.5 Å². The van der Waals surface area contributed by atoms with E-state index in [-0.39, 0.29) is 11.9 Å². The Morgan fingerprint density at radius 1 is 0.969 bits per heavy atom. The van der Waals surface area contributed by atoms with E-state index in [0.29, 0.717) is 24.5 Å². The lowest BCUT2D eigenvalue weighted by Gasteiger charge is -2.22. The molecule has 0 saturated carbocycles. The second-order valence-electron chi connectivity index (χ2n) is 7.41. The van der Waals surface area contributed by atoms with Crippen molar-refractivity contribution in [3.63, 3.8) is 0 Å². The van der Waals surface area contributed by atoms with E-state index in [4.69, 9.17) is 9.47 Å². The summed E-state index contributed by atoms with van der Waals surface area (Å²) in [5.74, 6) is 0.695. The van der Waals surface area contributed by atoms with Crippen LogP contribution in [0.3, 0.4) is 0 Å². The van der Waals surface area contributed by atoms with Gasteiger partial charge in [-0.2, -0.15) is 0 Å². The molecule has 2 aromatic carbocycles. The smallest absolute Gasteiger partial charge is 0.328 e. The average molecular weight is 432 g/mol. The van der Waals surface area contributed by atoms with Gasteiger partial charge in [-0.05, 0) is 54.8 Å². The highest BCUT2D eigenvalue weighted by atomic mass is 16.5. The lowest BCUT2D eigenvalue weighted by atomic mass is 10.1. The molecule has 1 aliphatic rings. The van der Waals surface area contributed by atoms with E-state index in [1.165, 1.54) is 7.11 Å². The summed E-state index contributed by atoms with van der Waals surface area (Å²) in [6.45, 7) is 0.549. The quantitative estimate of drug-likeness (QED) is 0.594. The normalized spacial score (nSPS) is 15.3. The fourth-order valence-electron chi connectivity index (χ4n) is 3.71. The van der Waals surface area contributed by atoms with Gasteiger partial charge in [0.25, 0.3) is 5.91 Å². The minimum atomic E-state index is -0.511. The summed E-state index contributed by atoms with van der Waals surface area (Å²) in [6.07, 6.45) is 4.90. The van der Waals surface area contributed by atoms with Gasteiger partial charge in [0.1, 0.15) is 11.8 Å². The molecule has 0 aliphatic carbocycles. The van der Waals surface area contributed by atoms with Crippen LogP contribution < -0.4 is 10.1 Å². The Labute approximate surface area is 186 Å². The molecule has 1 saturated heterocycles. The minimum Gasteiger partial charge on any atom is -0.497 e. The van der Waals surface area contributed by atoms with Gasteiger partial charge in [0.05, 0.1) is 14.2 Å². The number of ether oxygens (including phenoxy) is 2. The molecule has 1 amide bonds. The molecule has 1 atom stereocenters. The molecule has 4 rings (SSSR count). The topological polar surface area (TPSA) is 93.7 Å². The SMILES string of the molecule is COC(=O)C1CCCN1C(=O)c1ccc(Nc2ncc(-c3ccc(OC)cc3)cn2)cc1. The lowest BCUT2D eigenvalue weighted by Crippen LogP contribution is -2.41. The number of carbonyl (C=O) groups excluding carboxylic acids is 2. The summed E-state index contributed by atoms with van der Waals surface area (Å²) in [4.78, 5) is 35.1. The third-order valence-electron chi connectivity index (χ3n) is 5.45. The number of carbonyl (C=O) groups is 2. The van der Waals surface area contributed by atoms with E-state index in [1.807, 2.05) is 24.3 Å². The van der Waals surface area contributed by atoms with Gasteiger partial charge in [-0.15, -0.1) is 0 Å². The van der Waals surface area contributed by atoms with Gasteiger partial charge in [-0.25, -0.2) is 14.8 Å². The number of nitrogens with one attached hydrogen (secondary N) is 1. The zero-order valence-corrected chi connectivity index (χ0v) is 17.9. The molecule has 0 radical (unpaired) electrons. The van der Waals surface area contributed by atoms with Crippen LogP contribution in [0.25, 0.3) is 11.1 Å². The molecular weight excluding hydrogens is 408 g/mol. The largest absolute Gasteiger partial charge is 0.497 e. The molecule has 1 aromatic heterocycles. The first-order valence-electron chi connectivity index (χ1n) is 10.3. The molecule has 1 aliphatic heterocycles. The van der Waals surface area contributed by atoms with Crippen molar-refractivity contribution in [2.45, 2.75) is 18.9 Å². The molecule has 2 heterocycles. The summed E-state index contributed by atoms with van der Waals surface area (Å²) in [5, 5.41) is 3.13. The van der Waals surface area contributed by atoms with Crippen LogP contribution in [-0.2, 0) is 9.53 Å². The Morgan fingerprint density at radius 3 is 2.28 bits per heavy atom. The number of nitrogens with zero attached hydrogens (tertiary/aromatic N) is 3. The first kappa shape index (κ1) is 21.3. The van der Waals surface area contributed by atoms with E-state index in [0.717, 1.165) is 29.0 Å². The highest BCUT2D eigenvalue weighted by molar-refractivity contribution is 5.97. The maximum atomic E-state index is 12.8. The van der Waals surface area contributed by atoms with Crippen LogP contribution in [0.1, 0.15) is 23.2 Å². The molecule has 0 spiro atoms. The van der Waals surface area contributed by atoms with Crippen molar-refractivity contribution in [1.29, 1.82) is 0 Å². The first-order chi connectivity index (χ1) is 15.6. The van der Waals surface area contributed by atoms with Crippen LogP contribution in [0.15, 0.2) is 60.9 Å².